The number of alkyl halides is 1. The first-order valence-electron chi connectivity index (χ1n) is 11.4. The number of rotatable bonds is 9. The highest BCUT2D eigenvalue weighted by atomic mass is 35.5. The van der Waals surface area contributed by atoms with Crippen molar-refractivity contribution in [2.45, 2.75) is 38.8 Å². The zero-order valence-corrected chi connectivity index (χ0v) is 23.0. The lowest BCUT2D eigenvalue weighted by Gasteiger charge is -2.32. The summed E-state index contributed by atoms with van der Waals surface area (Å²) in [5, 5.41) is 10.7. The number of anilines is 1. The van der Waals surface area contributed by atoms with Crippen LogP contribution in [0.15, 0.2) is 48.7 Å². The van der Waals surface area contributed by atoms with Crippen LogP contribution in [0.2, 0.25) is 10.2 Å². The highest BCUT2D eigenvalue weighted by Crippen LogP contribution is 2.25. The van der Waals surface area contributed by atoms with Gasteiger partial charge in [-0.05, 0) is 50.6 Å². The number of nitrogens with one attached hydrogen (secondary N) is 1. The minimum absolute atomic E-state index is 0.129. The summed E-state index contributed by atoms with van der Waals surface area (Å²) in [6.07, 6.45) is 1.19. The van der Waals surface area contributed by atoms with Gasteiger partial charge in [0.15, 0.2) is 5.15 Å². The second-order valence-corrected chi connectivity index (χ2v) is 10.3. The van der Waals surface area contributed by atoms with E-state index in [9.17, 15) is 18.8 Å². The lowest BCUT2D eigenvalue weighted by molar-refractivity contribution is -0.164. The number of nitrogens with zero attached hydrogens (tertiary/aromatic N) is 4. The Kier molecular flexibility index (Phi) is 9.70. The standard InChI is InChI=1S/C25H25Cl3FN5O4/c1-25(2,3)38-24(37)20(10-15-6-4-5-7-17(15)29)33(23(36)12-26)14-22(35)30-18-11-16(27)8-9-19(18)34-13-21(28)31-32-34/h4-9,11,13,20H,10,12,14H2,1-3H3,(H,30,35). The van der Waals surface area contributed by atoms with Gasteiger partial charge in [-0.25, -0.2) is 13.9 Å². The molecule has 3 rings (SSSR count). The molecular weight excluding hydrogens is 560 g/mol. The quantitative estimate of drug-likeness (QED) is 0.289. The molecule has 0 bridgehead atoms. The maximum Gasteiger partial charge on any atom is 0.329 e. The average Bonchev–Trinajstić information content (AvgIpc) is 3.26. The number of amides is 2. The first-order valence-corrected chi connectivity index (χ1v) is 12.7. The number of ether oxygens (including phenoxy) is 1. The van der Waals surface area contributed by atoms with Crippen LogP contribution in [-0.4, -0.2) is 61.7 Å². The monoisotopic (exact) mass is 583 g/mol. The molecule has 0 aliphatic rings. The summed E-state index contributed by atoms with van der Waals surface area (Å²) < 4.78 is 21.3. The third kappa shape index (κ3) is 7.89. The van der Waals surface area contributed by atoms with Gasteiger partial charge < -0.3 is 15.0 Å². The van der Waals surface area contributed by atoms with E-state index in [4.69, 9.17) is 39.5 Å². The number of aromatic nitrogens is 3. The number of carbonyl (C=O) groups excluding carboxylic acids is 3. The first-order chi connectivity index (χ1) is 17.9. The number of esters is 1. The third-order valence-corrected chi connectivity index (χ3v) is 5.76. The van der Waals surface area contributed by atoms with E-state index in [1.54, 1.807) is 39.0 Å². The van der Waals surface area contributed by atoms with Crippen molar-refractivity contribution in [1.82, 2.24) is 19.9 Å². The SMILES string of the molecule is CC(C)(C)OC(=O)C(Cc1ccccc1F)N(CC(=O)Nc1cc(Cl)ccc1-n1cc(Cl)nn1)C(=O)CCl. The van der Waals surface area contributed by atoms with Crippen molar-refractivity contribution in [2.24, 2.45) is 0 Å². The minimum Gasteiger partial charge on any atom is -0.458 e. The largest absolute Gasteiger partial charge is 0.458 e. The van der Waals surface area contributed by atoms with Gasteiger partial charge >= 0.3 is 5.97 Å². The van der Waals surface area contributed by atoms with E-state index >= 15 is 0 Å². The van der Waals surface area contributed by atoms with Gasteiger partial charge in [0, 0.05) is 11.4 Å². The van der Waals surface area contributed by atoms with Crippen LogP contribution in [0.25, 0.3) is 5.69 Å². The Hall–Kier alpha value is -3.21. The van der Waals surface area contributed by atoms with Crippen molar-refractivity contribution in [1.29, 1.82) is 0 Å². The Morgan fingerprint density at radius 3 is 2.47 bits per heavy atom. The van der Waals surface area contributed by atoms with Gasteiger partial charge in [-0.3, -0.25) is 9.59 Å². The normalized spacial score (nSPS) is 12.1. The van der Waals surface area contributed by atoms with Crippen LogP contribution in [0.3, 0.4) is 0 Å². The molecule has 1 heterocycles. The Labute approximate surface area is 233 Å². The molecule has 13 heteroatoms. The molecule has 1 unspecified atom stereocenters. The van der Waals surface area contributed by atoms with Crippen molar-refractivity contribution in [3.63, 3.8) is 0 Å². The number of hydrogen-bond acceptors (Lipinski definition) is 6. The fourth-order valence-electron chi connectivity index (χ4n) is 3.53. The van der Waals surface area contributed by atoms with Crippen LogP contribution in [0, 0.1) is 5.82 Å². The van der Waals surface area contributed by atoms with Crippen LogP contribution in [-0.2, 0) is 25.5 Å². The lowest BCUT2D eigenvalue weighted by atomic mass is 10.0. The van der Waals surface area contributed by atoms with Gasteiger partial charge in [-0.2, -0.15) is 0 Å². The Bertz CT molecular complexity index is 1330. The minimum atomic E-state index is -1.34. The van der Waals surface area contributed by atoms with Gasteiger partial charge in [0.1, 0.15) is 29.9 Å². The summed E-state index contributed by atoms with van der Waals surface area (Å²) in [6.45, 7) is 4.38. The summed E-state index contributed by atoms with van der Waals surface area (Å²) >= 11 is 17.8. The summed E-state index contributed by atoms with van der Waals surface area (Å²) in [5.74, 6) is -3.31. The van der Waals surface area contributed by atoms with Crippen molar-refractivity contribution in [3.8, 4) is 5.69 Å². The molecule has 9 nitrogen and oxygen atoms in total. The molecule has 0 aliphatic carbocycles. The van der Waals surface area contributed by atoms with Crippen LogP contribution in [0.1, 0.15) is 26.3 Å². The Balaban J connectivity index is 1.93. The van der Waals surface area contributed by atoms with E-state index < -0.39 is 47.7 Å². The van der Waals surface area contributed by atoms with Gasteiger partial charge in [0.25, 0.3) is 0 Å². The van der Waals surface area contributed by atoms with Crippen LogP contribution < -0.4 is 5.32 Å². The van der Waals surface area contributed by atoms with Crippen molar-refractivity contribution in [2.75, 3.05) is 17.7 Å². The fraction of sp³-hybridized carbons (Fsp3) is 0.320. The van der Waals surface area contributed by atoms with Crippen molar-refractivity contribution >= 4 is 58.3 Å². The van der Waals surface area contributed by atoms with Crippen molar-refractivity contribution in [3.05, 3.63) is 70.2 Å². The van der Waals surface area contributed by atoms with E-state index in [1.165, 1.54) is 35.1 Å². The van der Waals surface area contributed by atoms with E-state index in [0.717, 1.165) is 4.90 Å². The molecule has 1 N–H and O–H groups in total. The smallest absolute Gasteiger partial charge is 0.329 e. The van der Waals surface area contributed by atoms with Crippen molar-refractivity contribution < 1.29 is 23.5 Å². The van der Waals surface area contributed by atoms with Crippen LogP contribution in [0.4, 0.5) is 10.1 Å². The van der Waals surface area contributed by atoms with Gasteiger partial charge in [0.2, 0.25) is 11.8 Å². The summed E-state index contributed by atoms with van der Waals surface area (Å²) in [4.78, 5) is 40.2. The number of carbonyl (C=O) groups is 3. The van der Waals surface area contributed by atoms with Gasteiger partial charge in [-0.15, -0.1) is 16.7 Å². The molecule has 3 aromatic rings. The Morgan fingerprint density at radius 1 is 1.16 bits per heavy atom. The first kappa shape index (κ1) is 29.3. The highest BCUT2D eigenvalue weighted by Gasteiger charge is 2.35. The number of halogens is 4. The average molecular weight is 585 g/mol. The molecule has 2 aromatic carbocycles. The number of benzene rings is 2. The van der Waals surface area contributed by atoms with E-state index in [1.807, 2.05) is 0 Å². The molecule has 0 saturated carbocycles. The zero-order valence-electron chi connectivity index (χ0n) is 20.8. The van der Waals surface area contributed by atoms with E-state index in [0.29, 0.717) is 10.7 Å². The highest BCUT2D eigenvalue weighted by molar-refractivity contribution is 6.31. The molecule has 38 heavy (non-hydrogen) atoms. The van der Waals surface area contributed by atoms with E-state index in [-0.39, 0.29) is 22.8 Å². The summed E-state index contributed by atoms with van der Waals surface area (Å²) in [5.41, 5.74) is -0.105. The predicted octanol–water partition coefficient (Wildman–Crippen LogP) is 4.67. The number of hydrogen-bond donors (Lipinski definition) is 1. The van der Waals surface area contributed by atoms with Crippen LogP contribution in [0.5, 0.6) is 0 Å². The topological polar surface area (TPSA) is 106 Å². The second-order valence-electron chi connectivity index (χ2n) is 9.20. The molecule has 0 radical (unpaired) electrons. The molecule has 1 aromatic heterocycles. The molecule has 2 amide bonds. The zero-order chi connectivity index (χ0) is 28.0. The second kappa shape index (κ2) is 12.6. The maximum absolute atomic E-state index is 14.5. The van der Waals surface area contributed by atoms with Gasteiger partial charge in [-0.1, -0.05) is 46.6 Å². The van der Waals surface area contributed by atoms with E-state index in [2.05, 4.69) is 15.6 Å². The molecule has 1 atom stereocenters. The molecule has 202 valence electrons. The third-order valence-electron chi connectivity index (χ3n) is 5.12. The predicted molar refractivity (Wildman–Crippen MR) is 142 cm³/mol. The van der Waals surface area contributed by atoms with Crippen LogP contribution >= 0.6 is 34.8 Å². The molecule has 0 saturated heterocycles. The molecule has 0 aliphatic heterocycles. The molecule has 0 fully saturated rings. The lowest BCUT2D eigenvalue weighted by Crippen LogP contribution is -2.52. The molecule has 0 spiro atoms. The van der Waals surface area contributed by atoms with Gasteiger partial charge in [0.05, 0.1) is 17.6 Å². The summed E-state index contributed by atoms with van der Waals surface area (Å²) in [6, 6.07) is 9.13. The summed E-state index contributed by atoms with van der Waals surface area (Å²) in [7, 11) is 0. The maximum atomic E-state index is 14.5. The fourth-order valence-corrected chi connectivity index (χ4v) is 3.98. The molecular formula is C25H25Cl3FN5O4. The Morgan fingerprint density at radius 2 is 1.87 bits per heavy atom.